The Bertz CT molecular complexity index is 1140. The second-order valence-corrected chi connectivity index (χ2v) is 9.32. The summed E-state index contributed by atoms with van der Waals surface area (Å²) in [6, 6.07) is 3.51. The molecular weight excluding hydrogens is 430 g/mol. The fourth-order valence-electron chi connectivity index (χ4n) is 4.52. The molecule has 0 aromatic carbocycles. The van der Waals surface area contributed by atoms with E-state index in [0.717, 1.165) is 55.6 Å². The normalized spacial score (nSPS) is 17.6. The van der Waals surface area contributed by atoms with Gasteiger partial charge in [0.1, 0.15) is 5.69 Å². The van der Waals surface area contributed by atoms with Gasteiger partial charge in [0.05, 0.1) is 24.1 Å². The summed E-state index contributed by atoms with van der Waals surface area (Å²) in [5.41, 5.74) is 3.07. The molecule has 9 nitrogen and oxygen atoms in total. The molecular formula is C25H35N7O2. The van der Waals surface area contributed by atoms with Crippen molar-refractivity contribution in [2.45, 2.75) is 71.9 Å². The third-order valence-electron chi connectivity index (χ3n) is 6.84. The minimum absolute atomic E-state index is 0.00492. The number of aryl methyl sites for hydroxylation is 1. The summed E-state index contributed by atoms with van der Waals surface area (Å²) in [5.74, 6) is 0.607. The predicted octanol–water partition coefficient (Wildman–Crippen LogP) is 3.31. The summed E-state index contributed by atoms with van der Waals surface area (Å²) in [7, 11) is 0. The van der Waals surface area contributed by atoms with Gasteiger partial charge in [-0.25, -0.2) is 9.50 Å². The first-order valence-corrected chi connectivity index (χ1v) is 12.4. The van der Waals surface area contributed by atoms with Crippen LogP contribution >= 0.6 is 0 Å². The van der Waals surface area contributed by atoms with Crippen LogP contribution in [0.15, 0.2) is 30.7 Å². The van der Waals surface area contributed by atoms with Crippen LogP contribution in [0.1, 0.15) is 80.7 Å². The quantitative estimate of drug-likeness (QED) is 0.452. The van der Waals surface area contributed by atoms with E-state index in [0.29, 0.717) is 24.6 Å². The van der Waals surface area contributed by atoms with E-state index in [4.69, 9.17) is 4.98 Å². The van der Waals surface area contributed by atoms with Crippen LogP contribution in [0, 0.1) is 11.8 Å². The highest BCUT2D eigenvalue weighted by atomic mass is 16.2. The zero-order valence-electron chi connectivity index (χ0n) is 20.3. The molecule has 1 saturated heterocycles. The molecule has 0 aliphatic carbocycles. The van der Waals surface area contributed by atoms with Crippen molar-refractivity contribution in [2.24, 2.45) is 11.8 Å². The SMILES string of the molecule is CCC(C)CCCC(NC(=O)c1ccnn1CC)c1cn2ncc(CC3CCNC3=O)cc2n1. The minimum Gasteiger partial charge on any atom is -0.356 e. The number of nitrogens with one attached hydrogen (secondary N) is 2. The Morgan fingerprint density at radius 1 is 1.29 bits per heavy atom. The molecule has 9 heteroatoms. The van der Waals surface area contributed by atoms with Gasteiger partial charge in [0.15, 0.2) is 5.65 Å². The number of hydrogen-bond acceptors (Lipinski definition) is 5. The summed E-state index contributed by atoms with van der Waals surface area (Å²) in [4.78, 5) is 29.8. The number of hydrogen-bond donors (Lipinski definition) is 2. The van der Waals surface area contributed by atoms with Crippen LogP contribution in [0.2, 0.25) is 0 Å². The van der Waals surface area contributed by atoms with E-state index in [1.165, 1.54) is 0 Å². The minimum atomic E-state index is -0.220. The average molecular weight is 466 g/mol. The van der Waals surface area contributed by atoms with E-state index in [1.54, 1.807) is 27.7 Å². The van der Waals surface area contributed by atoms with Crippen LogP contribution in [0.4, 0.5) is 0 Å². The second kappa shape index (κ2) is 10.8. The Morgan fingerprint density at radius 2 is 2.15 bits per heavy atom. The molecule has 3 unspecified atom stereocenters. The van der Waals surface area contributed by atoms with Gasteiger partial charge in [-0.1, -0.05) is 33.1 Å². The third kappa shape index (κ3) is 5.46. The van der Waals surface area contributed by atoms with Crippen LogP contribution in [0.25, 0.3) is 5.65 Å². The van der Waals surface area contributed by atoms with Crippen molar-refractivity contribution in [2.75, 3.05) is 6.54 Å². The van der Waals surface area contributed by atoms with Crippen LogP contribution in [-0.2, 0) is 17.8 Å². The molecule has 2 amide bonds. The van der Waals surface area contributed by atoms with Crippen molar-refractivity contribution in [3.63, 3.8) is 0 Å². The molecule has 3 atom stereocenters. The number of amides is 2. The molecule has 34 heavy (non-hydrogen) atoms. The Hall–Kier alpha value is -3.23. The van der Waals surface area contributed by atoms with E-state index in [9.17, 15) is 9.59 Å². The number of imidazole rings is 1. The first kappa shape index (κ1) is 23.9. The lowest BCUT2D eigenvalue weighted by molar-refractivity contribution is -0.122. The molecule has 1 fully saturated rings. The van der Waals surface area contributed by atoms with E-state index >= 15 is 0 Å². The number of nitrogens with zero attached hydrogens (tertiary/aromatic N) is 5. The molecule has 1 aliphatic rings. The molecule has 0 saturated carbocycles. The zero-order valence-corrected chi connectivity index (χ0v) is 20.3. The Balaban J connectivity index is 1.54. The molecule has 3 aromatic heterocycles. The zero-order chi connectivity index (χ0) is 24.1. The molecule has 3 aromatic rings. The first-order chi connectivity index (χ1) is 16.5. The Labute approximate surface area is 200 Å². The Morgan fingerprint density at radius 3 is 2.88 bits per heavy atom. The molecule has 182 valence electrons. The number of carbonyl (C=O) groups is 2. The van der Waals surface area contributed by atoms with Crippen molar-refractivity contribution in [3.05, 3.63) is 47.7 Å². The second-order valence-electron chi connectivity index (χ2n) is 9.32. The smallest absolute Gasteiger partial charge is 0.270 e. The lowest BCUT2D eigenvalue weighted by Gasteiger charge is -2.18. The lowest BCUT2D eigenvalue weighted by Crippen LogP contribution is -2.30. The highest BCUT2D eigenvalue weighted by molar-refractivity contribution is 5.92. The first-order valence-electron chi connectivity index (χ1n) is 12.4. The van der Waals surface area contributed by atoms with Gasteiger partial charge in [-0.15, -0.1) is 0 Å². The summed E-state index contributed by atoms with van der Waals surface area (Å²) in [6.07, 6.45) is 10.9. The van der Waals surface area contributed by atoms with Crippen molar-refractivity contribution in [1.82, 2.24) is 35.0 Å². The monoisotopic (exact) mass is 465 g/mol. The standard InChI is InChI=1S/C25H35N7O2/c1-4-17(3)7-6-8-20(30-25(34)22-10-12-27-31(22)5-2)21-16-32-23(29-21)14-18(15-28-32)13-19-9-11-26-24(19)33/h10,12,14-17,19-20H,4-9,11,13H2,1-3H3,(H,26,33)(H,30,34). The summed E-state index contributed by atoms with van der Waals surface area (Å²) < 4.78 is 3.44. The maximum Gasteiger partial charge on any atom is 0.270 e. The highest BCUT2D eigenvalue weighted by Gasteiger charge is 2.25. The van der Waals surface area contributed by atoms with E-state index in [-0.39, 0.29) is 23.8 Å². The average Bonchev–Trinajstić information content (AvgIpc) is 3.57. The molecule has 0 radical (unpaired) electrons. The third-order valence-corrected chi connectivity index (χ3v) is 6.84. The van der Waals surface area contributed by atoms with E-state index < -0.39 is 0 Å². The van der Waals surface area contributed by atoms with Crippen molar-refractivity contribution >= 4 is 17.5 Å². The number of carbonyl (C=O) groups excluding carboxylic acids is 2. The number of rotatable bonds is 11. The Kier molecular flexibility index (Phi) is 7.59. The van der Waals surface area contributed by atoms with Crippen LogP contribution in [0.5, 0.6) is 0 Å². The van der Waals surface area contributed by atoms with Gasteiger partial charge in [-0.3, -0.25) is 14.3 Å². The summed E-state index contributed by atoms with van der Waals surface area (Å²) in [5, 5.41) is 14.8. The molecule has 1 aliphatic heterocycles. The maximum atomic E-state index is 13.1. The lowest BCUT2D eigenvalue weighted by atomic mass is 9.98. The van der Waals surface area contributed by atoms with Gasteiger partial charge >= 0.3 is 0 Å². The molecule has 0 spiro atoms. The largest absolute Gasteiger partial charge is 0.356 e. The van der Waals surface area contributed by atoms with Gasteiger partial charge in [-0.2, -0.15) is 10.2 Å². The summed E-state index contributed by atoms with van der Waals surface area (Å²) >= 11 is 0. The fraction of sp³-hybridized carbons (Fsp3) is 0.560. The summed E-state index contributed by atoms with van der Waals surface area (Å²) in [6.45, 7) is 7.80. The number of fused-ring (bicyclic) bond motifs is 1. The van der Waals surface area contributed by atoms with Gasteiger partial charge in [0.25, 0.3) is 5.91 Å². The van der Waals surface area contributed by atoms with Gasteiger partial charge < -0.3 is 10.6 Å². The number of aromatic nitrogens is 5. The van der Waals surface area contributed by atoms with Crippen molar-refractivity contribution in [1.29, 1.82) is 0 Å². The van der Waals surface area contributed by atoms with Gasteiger partial charge in [0.2, 0.25) is 5.91 Å². The van der Waals surface area contributed by atoms with Crippen LogP contribution in [0.3, 0.4) is 0 Å². The van der Waals surface area contributed by atoms with Crippen molar-refractivity contribution in [3.8, 4) is 0 Å². The molecule has 4 rings (SSSR count). The van der Waals surface area contributed by atoms with Gasteiger partial charge in [0, 0.05) is 25.2 Å². The topological polar surface area (TPSA) is 106 Å². The molecule has 0 bridgehead atoms. The molecule has 4 heterocycles. The van der Waals surface area contributed by atoms with Crippen LogP contribution in [-0.4, -0.2) is 42.7 Å². The predicted molar refractivity (Wildman–Crippen MR) is 129 cm³/mol. The van der Waals surface area contributed by atoms with Gasteiger partial charge in [-0.05, 0) is 49.8 Å². The van der Waals surface area contributed by atoms with Crippen LogP contribution < -0.4 is 10.6 Å². The van der Waals surface area contributed by atoms with E-state index in [1.807, 2.05) is 19.2 Å². The fourth-order valence-corrected chi connectivity index (χ4v) is 4.52. The maximum absolute atomic E-state index is 13.1. The van der Waals surface area contributed by atoms with E-state index in [2.05, 4.69) is 34.7 Å². The highest BCUT2D eigenvalue weighted by Crippen LogP contribution is 2.23. The molecule has 2 N–H and O–H groups in total. The van der Waals surface area contributed by atoms with Crippen molar-refractivity contribution < 1.29 is 9.59 Å².